The van der Waals surface area contributed by atoms with Gasteiger partial charge in [-0.05, 0) is 66.0 Å². The number of hydrogen-bond donors (Lipinski definition) is 0. The Bertz CT molecular complexity index is 4600. The van der Waals surface area contributed by atoms with Gasteiger partial charge >= 0.3 is 0 Å². The summed E-state index contributed by atoms with van der Waals surface area (Å²) in [6, 6.07) is -16.7. The van der Waals surface area contributed by atoms with Crippen LogP contribution in [0.1, 0.15) is 37.0 Å². The molecule has 0 unspecified atom stereocenters. The Kier molecular flexibility index (Phi) is 2.65. The lowest BCUT2D eigenvalue weighted by Crippen LogP contribution is -1.98. The molecule has 0 aliphatic carbocycles. The van der Waals surface area contributed by atoms with E-state index in [2.05, 4.69) is 0 Å². The van der Waals surface area contributed by atoms with Crippen LogP contribution in [0.5, 0.6) is 0 Å². The maximum absolute atomic E-state index is 10.2. The molecular weight excluding hydrogens is 619 g/mol. The summed E-state index contributed by atoms with van der Waals surface area (Å²) in [6.07, 6.45) is 0. The first-order valence-electron chi connectivity index (χ1n) is 28.8. The van der Waals surface area contributed by atoms with E-state index in [1.165, 1.54) is 24.3 Å². The smallest absolute Gasteiger partial charge is 0.0667 e. The van der Waals surface area contributed by atoms with Crippen LogP contribution >= 0.6 is 0 Å². The molecule has 3 heterocycles. The quantitative estimate of drug-likeness (QED) is 0.176. The fourth-order valence-electron chi connectivity index (χ4n) is 6.60. The van der Waals surface area contributed by atoms with Gasteiger partial charge in [-0.3, -0.25) is 0 Å². The SMILES string of the molecule is [2H]c1c([2H])c([2H])c(-c2ccccc2-n2c3c([2H])c([2H])c([2H])c([2H])c3c3c([2H])c(-n4c5c([2H])c([2H])c([2H])c([2H])c5c5c([2H])c([2H])c(-n6c7c([2H])c([2H])c([2H])c([2H])c7c7c([2H])c([2H])c([2H])c([2H])c76)c([2H])c54)c([2H])c([2H])c32)c([2H])c1[2H]. The molecule has 0 fully saturated rings. The van der Waals surface area contributed by atoms with Gasteiger partial charge in [0.15, 0.2) is 0 Å². The van der Waals surface area contributed by atoms with Crippen molar-refractivity contribution in [3.63, 3.8) is 0 Å². The Morgan fingerprint density at radius 2 is 0.784 bits per heavy atom. The molecule has 0 radical (unpaired) electrons. The van der Waals surface area contributed by atoms with E-state index in [0.717, 1.165) is 13.7 Å². The van der Waals surface area contributed by atoms with E-state index in [4.69, 9.17) is 23.3 Å². The number of benzene rings is 8. The Labute approximate surface area is 332 Å². The van der Waals surface area contributed by atoms with Crippen LogP contribution in [0.3, 0.4) is 0 Å². The lowest BCUT2D eigenvalue weighted by atomic mass is 10.0. The van der Waals surface area contributed by atoms with Crippen LogP contribution in [0.4, 0.5) is 0 Å². The summed E-state index contributed by atoms with van der Waals surface area (Å²) in [6.45, 7) is 0. The Balaban J connectivity index is 1.40. The fraction of sp³-hybridized carbons (Fsp3) is 0. The fourth-order valence-corrected chi connectivity index (χ4v) is 6.60. The van der Waals surface area contributed by atoms with Gasteiger partial charge in [-0.25, -0.2) is 0 Å². The van der Waals surface area contributed by atoms with E-state index >= 15 is 0 Å². The van der Waals surface area contributed by atoms with Crippen LogP contribution in [0, 0.1) is 0 Å². The molecule has 0 atom stereocenters. The molecular formula is C48H31N3. The van der Waals surface area contributed by atoms with E-state index < -0.39 is 240 Å². The molecule has 51 heavy (non-hydrogen) atoms. The zero-order valence-electron chi connectivity index (χ0n) is 52.7. The van der Waals surface area contributed by atoms with Crippen molar-refractivity contribution in [2.75, 3.05) is 0 Å². The molecule has 11 rings (SSSR count). The summed E-state index contributed by atoms with van der Waals surface area (Å²) >= 11 is 0. The second-order valence-corrected chi connectivity index (χ2v) is 11.3. The first kappa shape index (κ1) is 12.5. The first-order chi connectivity index (χ1) is 36.6. The number of fused-ring (bicyclic) bond motifs is 9. The maximum Gasteiger partial charge on any atom is 0.0667 e. The van der Waals surface area contributed by atoms with Gasteiger partial charge in [0.2, 0.25) is 0 Å². The van der Waals surface area contributed by atoms with Crippen LogP contribution in [-0.2, 0) is 0 Å². The third-order valence-corrected chi connectivity index (χ3v) is 8.68. The number of rotatable bonds is 4. The zero-order valence-corrected chi connectivity index (χ0v) is 25.7. The molecule has 0 bridgehead atoms. The average Bonchev–Trinajstić information content (AvgIpc) is 4.30. The highest BCUT2D eigenvalue weighted by molar-refractivity contribution is 6.14. The second kappa shape index (κ2) is 10.8. The van der Waals surface area contributed by atoms with Gasteiger partial charge in [-0.15, -0.1) is 0 Å². The Morgan fingerprint density at radius 1 is 0.333 bits per heavy atom. The number of nitrogens with zero attached hydrogens (tertiary/aromatic N) is 3. The van der Waals surface area contributed by atoms with E-state index in [0.29, 0.717) is 0 Å². The number of para-hydroxylation sites is 5. The Morgan fingerprint density at radius 3 is 1.43 bits per heavy atom. The summed E-state index contributed by atoms with van der Waals surface area (Å²) in [4.78, 5) is 0. The predicted octanol–water partition coefficient (Wildman–Crippen LogP) is 12.6. The van der Waals surface area contributed by atoms with Gasteiger partial charge in [0, 0.05) is 49.3 Å². The van der Waals surface area contributed by atoms with Crippen molar-refractivity contribution in [1.82, 2.24) is 13.7 Å². The molecule has 0 amide bonds. The van der Waals surface area contributed by atoms with Gasteiger partial charge in [-0.2, -0.15) is 0 Å². The minimum Gasteiger partial charge on any atom is -0.309 e. The van der Waals surface area contributed by atoms with E-state index in [1.54, 1.807) is 0 Å². The van der Waals surface area contributed by atoms with Gasteiger partial charge in [0.05, 0.1) is 75.8 Å². The van der Waals surface area contributed by atoms with Gasteiger partial charge in [0.25, 0.3) is 0 Å². The highest BCUT2D eigenvalue weighted by atomic mass is 15.0. The molecule has 0 saturated carbocycles. The highest BCUT2D eigenvalue weighted by Gasteiger charge is 2.19. The maximum atomic E-state index is 10.2. The average molecular weight is 677 g/mol. The van der Waals surface area contributed by atoms with Gasteiger partial charge in [-0.1, -0.05) is 127 Å². The summed E-state index contributed by atoms with van der Waals surface area (Å²) in [5.41, 5.74) is -5.52. The molecule has 8 aromatic carbocycles. The van der Waals surface area contributed by atoms with Gasteiger partial charge < -0.3 is 13.7 Å². The Hall–Kier alpha value is -6.84. The van der Waals surface area contributed by atoms with Crippen molar-refractivity contribution in [2.24, 2.45) is 0 Å². The molecule has 3 heteroatoms. The van der Waals surface area contributed by atoms with Gasteiger partial charge in [0.1, 0.15) is 0 Å². The largest absolute Gasteiger partial charge is 0.309 e. The number of aromatic nitrogens is 3. The van der Waals surface area contributed by atoms with Crippen LogP contribution in [0.2, 0.25) is 0 Å². The van der Waals surface area contributed by atoms with Crippen LogP contribution < -0.4 is 0 Å². The summed E-state index contributed by atoms with van der Waals surface area (Å²) < 4.78 is 248. The third kappa shape index (κ3) is 4.06. The van der Waals surface area contributed by atoms with Crippen molar-refractivity contribution >= 4 is 65.4 Å². The molecule has 0 N–H and O–H groups in total. The van der Waals surface area contributed by atoms with Crippen LogP contribution in [-0.4, -0.2) is 13.7 Å². The van der Waals surface area contributed by atoms with Crippen LogP contribution in [0.15, 0.2) is 187 Å². The first-order valence-corrected chi connectivity index (χ1v) is 15.3. The van der Waals surface area contributed by atoms with Crippen LogP contribution in [0.25, 0.3) is 93.6 Å². The number of hydrogen-bond acceptors (Lipinski definition) is 0. The van der Waals surface area contributed by atoms with Crippen molar-refractivity contribution in [2.45, 2.75) is 0 Å². The minimum atomic E-state index is -0.971. The molecule has 0 saturated heterocycles. The minimum absolute atomic E-state index is 0.110. The highest BCUT2D eigenvalue weighted by Crippen LogP contribution is 2.40. The standard InChI is InChI=1S/C48H31N3/c1-2-14-32(15-3-1)35-16-4-9-21-42(35)51-46-25-13-8-20-39(46)41-30-33(27-29-47(41)51)50-45-24-12-7-19-38(45)40-28-26-34(31-48(40)50)49-43-22-10-5-17-36(43)37-18-6-11-23-44(37)49/h1-31H/i1D,2D,3D,5D,6D,7D,8D,10D,11D,12D,13D,14D,15D,17D,18D,19D,20D,22D,23D,24D,25D,26D,27D,28D,29D,30D,31D. The van der Waals surface area contributed by atoms with Crippen molar-refractivity contribution < 1.29 is 37.0 Å². The lowest BCUT2D eigenvalue weighted by Gasteiger charge is -2.14. The predicted molar refractivity (Wildman–Crippen MR) is 215 cm³/mol. The summed E-state index contributed by atoms with van der Waals surface area (Å²) in [7, 11) is 0. The summed E-state index contributed by atoms with van der Waals surface area (Å²) in [5.74, 6) is 0. The molecule has 238 valence electrons. The molecule has 3 aromatic heterocycles. The molecule has 3 nitrogen and oxygen atoms in total. The van der Waals surface area contributed by atoms with Crippen molar-refractivity contribution in [3.8, 4) is 28.2 Å². The van der Waals surface area contributed by atoms with Crippen molar-refractivity contribution in [1.29, 1.82) is 0 Å². The second-order valence-electron chi connectivity index (χ2n) is 11.3. The van der Waals surface area contributed by atoms with E-state index in [9.17, 15) is 13.7 Å². The summed E-state index contributed by atoms with van der Waals surface area (Å²) in [5, 5.41) is -2.98. The molecule has 11 aromatic rings. The van der Waals surface area contributed by atoms with E-state index in [1.807, 2.05) is 0 Å². The molecule has 0 spiro atoms. The van der Waals surface area contributed by atoms with E-state index in [-0.39, 0.29) is 16.8 Å². The topological polar surface area (TPSA) is 14.8 Å². The van der Waals surface area contributed by atoms with Crippen molar-refractivity contribution in [3.05, 3.63) is 187 Å². The molecule has 0 aliphatic rings. The molecule has 0 aliphatic heterocycles. The normalized spacial score (nSPS) is 19.3. The monoisotopic (exact) mass is 676 g/mol. The lowest BCUT2D eigenvalue weighted by molar-refractivity contribution is 1.15. The third-order valence-electron chi connectivity index (χ3n) is 8.68. The zero-order chi connectivity index (χ0) is 57.0.